The highest BCUT2D eigenvalue weighted by molar-refractivity contribution is 9.10. The summed E-state index contributed by atoms with van der Waals surface area (Å²) in [7, 11) is 0. The van der Waals surface area contributed by atoms with Crippen LogP contribution in [0.2, 0.25) is 0 Å². The van der Waals surface area contributed by atoms with E-state index in [1.165, 1.54) is 12.8 Å². The number of halogens is 1. The summed E-state index contributed by atoms with van der Waals surface area (Å²) in [4.78, 5) is 15.1. The van der Waals surface area contributed by atoms with E-state index in [9.17, 15) is 4.79 Å². The number of carboxylic acid groups (broad SMARTS) is 1. The third kappa shape index (κ3) is 4.73. The van der Waals surface area contributed by atoms with Crippen LogP contribution in [0.15, 0.2) is 16.7 Å². The Morgan fingerprint density at radius 2 is 2.24 bits per heavy atom. The number of aromatic nitrogens is 1. The smallest absolute Gasteiger partial charge is 0.339 e. The lowest BCUT2D eigenvalue weighted by Gasteiger charge is -2.08. The summed E-state index contributed by atoms with van der Waals surface area (Å²) >= 11 is 3.21. The number of aromatic carboxylic acids is 1. The molecule has 0 aliphatic rings. The van der Waals surface area contributed by atoms with Crippen LogP contribution in [-0.4, -0.2) is 22.6 Å². The Labute approximate surface area is 110 Å². The van der Waals surface area contributed by atoms with E-state index in [1.807, 2.05) is 0 Å². The average molecular weight is 301 g/mol. The molecule has 0 saturated carbocycles. The van der Waals surface area contributed by atoms with Crippen molar-refractivity contribution in [3.05, 3.63) is 22.3 Å². The molecule has 0 spiro atoms. The van der Waals surface area contributed by atoms with Crippen LogP contribution in [-0.2, 0) is 0 Å². The van der Waals surface area contributed by atoms with Gasteiger partial charge in [0.25, 0.3) is 0 Å². The topological polar surface area (TPSA) is 62.2 Å². The van der Waals surface area contributed by atoms with E-state index in [0.717, 1.165) is 19.4 Å². The maximum absolute atomic E-state index is 11.0. The summed E-state index contributed by atoms with van der Waals surface area (Å²) in [6.07, 6.45) is 6.19. The molecular weight excluding hydrogens is 284 g/mol. The van der Waals surface area contributed by atoms with Crippen LogP contribution >= 0.6 is 15.9 Å². The van der Waals surface area contributed by atoms with Crippen LogP contribution in [0.25, 0.3) is 0 Å². The fourth-order valence-electron chi connectivity index (χ4n) is 1.50. The fraction of sp³-hybridized carbons (Fsp3) is 0.500. The molecule has 94 valence electrons. The third-order valence-corrected chi connectivity index (χ3v) is 2.84. The van der Waals surface area contributed by atoms with Gasteiger partial charge in [0.15, 0.2) is 0 Å². The van der Waals surface area contributed by atoms with E-state index in [0.29, 0.717) is 10.3 Å². The maximum atomic E-state index is 11.0. The second-order valence-electron chi connectivity index (χ2n) is 3.84. The van der Waals surface area contributed by atoms with Crippen LogP contribution in [0, 0.1) is 0 Å². The molecule has 2 N–H and O–H groups in total. The molecule has 0 bridgehead atoms. The van der Waals surface area contributed by atoms with Gasteiger partial charge in [0.2, 0.25) is 0 Å². The Morgan fingerprint density at radius 1 is 1.47 bits per heavy atom. The summed E-state index contributed by atoms with van der Waals surface area (Å²) < 4.78 is 0.673. The molecule has 17 heavy (non-hydrogen) atoms. The van der Waals surface area contributed by atoms with E-state index in [4.69, 9.17) is 5.11 Å². The van der Waals surface area contributed by atoms with Crippen molar-refractivity contribution < 1.29 is 9.90 Å². The van der Waals surface area contributed by atoms with Gasteiger partial charge in [-0.15, -0.1) is 0 Å². The molecule has 0 radical (unpaired) electrons. The number of pyridine rings is 1. The standard InChI is InChI=1S/C12H17BrN2O2/c1-2-3-4-5-6-14-11-10(12(16)17)7-9(13)8-15-11/h7-8H,2-6H2,1H3,(H,14,15)(H,16,17). The van der Waals surface area contributed by atoms with Gasteiger partial charge >= 0.3 is 5.97 Å². The molecule has 0 saturated heterocycles. The molecular formula is C12H17BrN2O2. The molecule has 0 aliphatic heterocycles. The fourth-order valence-corrected chi connectivity index (χ4v) is 1.83. The Hall–Kier alpha value is -1.10. The van der Waals surface area contributed by atoms with Crippen molar-refractivity contribution in [2.75, 3.05) is 11.9 Å². The summed E-state index contributed by atoms with van der Waals surface area (Å²) in [5.74, 6) is -0.521. The molecule has 1 aromatic rings. The number of carboxylic acids is 1. The van der Waals surface area contributed by atoms with Crippen LogP contribution in [0.1, 0.15) is 43.0 Å². The highest BCUT2D eigenvalue weighted by Crippen LogP contribution is 2.18. The first kappa shape index (κ1) is 14.0. The number of hydrogen-bond acceptors (Lipinski definition) is 3. The number of hydrogen-bond donors (Lipinski definition) is 2. The molecule has 5 heteroatoms. The van der Waals surface area contributed by atoms with Crippen LogP contribution in [0.5, 0.6) is 0 Å². The minimum absolute atomic E-state index is 0.204. The summed E-state index contributed by atoms with van der Waals surface area (Å²) in [6, 6.07) is 1.56. The lowest BCUT2D eigenvalue weighted by atomic mass is 10.2. The lowest BCUT2D eigenvalue weighted by Crippen LogP contribution is -2.09. The van der Waals surface area contributed by atoms with Gasteiger partial charge in [0.1, 0.15) is 11.4 Å². The van der Waals surface area contributed by atoms with Gasteiger partial charge < -0.3 is 10.4 Å². The first-order valence-corrected chi connectivity index (χ1v) is 6.57. The van der Waals surface area contributed by atoms with Gasteiger partial charge in [-0.1, -0.05) is 26.2 Å². The number of unbranched alkanes of at least 4 members (excludes halogenated alkanes) is 3. The average Bonchev–Trinajstić information content (AvgIpc) is 2.30. The molecule has 1 rings (SSSR count). The number of nitrogens with zero attached hydrogens (tertiary/aromatic N) is 1. The summed E-state index contributed by atoms with van der Waals surface area (Å²) in [6.45, 7) is 2.92. The SMILES string of the molecule is CCCCCCNc1ncc(Br)cc1C(=O)O. The van der Waals surface area contributed by atoms with Crippen molar-refractivity contribution in [3.63, 3.8) is 0 Å². The highest BCUT2D eigenvalue weighted by atomic mass is 79.9. The van der Waals surface area contributed by atoms with E-state index in [2.05, 4.69) is 33.2 Å². The van der Waals surface area contributed by atoms with Crippen molar-refractivity contribution >= 4 is 27.7 Å². The predicted molar refractivity (Wildman–Crippen MR) is 71.5 cm³/mol. The van der Waals surface area contributed by atoms with Crippen molar-refractivity contribution in [3.8, 4) is 0 Å². The zero-order chi connectivity index (χ0) is 12.7. The number of carbonyl (C=O) groups is 1. The molecule has 0 unspecified atom stereocenters. The number of nitrogens with one attached hydrogen (secondary N) is 1. The van der Waals surface area contributed by atoms with Gasteiger partial charge in [0.05, 0.1) is 0 Å². The van der Waals surface area contributed by atoms with Crippen LogP contribution in [0.4, 0.5) is 5.82 Å². The molecule has 1 aromatic heterocycles. The second kappa shape index (κ2) is 7.27. The summed E-state index contributed by atoms with van der Waals surface area (Å²) in [5, 5.41) is 12.1. The Bertz CT molecular complexity index is 383. The molecule has 4 nitrogen and oxygen atoms in total. The Balaban J connectivity index is 2.55. The predicted octanol–water partition coefficient (Wildman–Crippen LogP) is 3.53. The minimum atomic E-state index is -0.963. The van der Waals surface area contributed by atoms with Crippen molar-refractivity contribution in [1.29, 1.82) is 0 Å². The van der Waals surface area contributed by atoms with Crippen molar-refractivity contribution in [2.45, 2.75) is 32.6 Å². The monoisotopic (exact) mass is 300 g/mol. The Morgan fingerprint density at radius 3 is 2.88 bits per heavy atom. The molecule has 0 aromatic carbocycles. The molecule has 1 heterocycles. The first-order valence-electron chi connectivity index (χ1n) is 5.78. The van der Waals surface area contributed by atoms with E-state index < -0.39 is 5.97 Å². The normalized spacial score (nSPS) is 10.2. The van der Waals surface area contributed by atoms with Crippen LogP contribution < -0.4 is 5.32 Å². The van der Waals surface area contributed by atoms with Gasteiger partial charge in [-0.3, -0.25) is 0 Å². The quantitative estimate of drug-likeness (QED) is 0.756. The van der Waals surface area contributed by atoms with Crippen LogP contribution in [0.3, 0.4) is 0 Å². The van der Waals surface area contributed by atoms with E-state index >= 15 is 0 Å². The number of rotatable bonds is 7. The third-order valence-electron chi connectivity index (χ3n) is 2.41. The minimum Gasteiger partial charge on any atom is -0.478 e. The van der Waals surface area contributed by atoms with E-state index in [1.54, 1.807) is 12.3 Å². The molecule has 0 fully saturated rings. The highest BCUT2D eigenvalue weighted by Gasteiger charge is 2.11. The zero-order valence-electron chi connectivity index (χ0n) is 9.87. The zero-order valence-corrected chi connectivity index (χ0v) is 11.5. The molecule has 0 aliphatic carbocycles. The number of anilines is 1. The van der Waals surface area contributed by atoms with Gasteiger partial charge in [-0.25, -0.2) is 9.78 Å². The van der Waals surface area contributed by atoms with Gasteiger partial charge in [-0.2, -0.15) is 0 Å². The second-order valence-corrected chi connectivity index (χ2v) is 4.76. The molecule has 0 atom stereocenters. The maximum Gasteiger partial charge on any atom is 0.339 e. The van der Waals surface area contributed by atoms with Crippen molar-refractivity contribution in [2.24, 2.45) is 0 Å². The molecule has 0 amide bonds. The largest absolute Gasteiger partial charge is 0.478 e. The summed E-state index contributed by atoms with van der Waals surface area (Å²) in [5.41, 5.74) is 0.204. The van der Waals surface area contributed by atoms with Gasteiger partial charge in [0, 0.05) is 17.2 Å². The van der Waals surface area contributed by atoms with E-state index in [-0.39, 0.29) is 5.56 Å². The Kier molecular flexibility index (Phi) is 5.97. The van der Waals surface area contributed by atoms with Gasteiger partial charge in [-0.05, 0) is 28.4 Å². The van der Waals surface area contributed by atoms with Crippen molar-refractivity contribution in [1.82, 2.24) is 4.98 Å². The lowest BCUT2D eigenvalue weighted by molar-refractivity contribution is 0.0697. The first-order chi connectivity index (χ1) is 8.15.